The summed E-state index contributed by atoms with van der Waals surface area (Å²) in [6, 6.07) is 18.1. The Balaban J connectivity index is 1.85. The molecule has 9 heteroatoms. The minimum atomic E-state index is -3.96. The van der Waals surface area contributed by atoms with Crippen LogP contribution in [0.5, 0.6) is 5.75 Å². The second kappa shape index (κ2) is 9.35. The maximum Gasteiger partial charge on any atom is 0.264 e. The average Bonchev–Trinajstić information content (AvgIpc) is 3.26. The van der Waals surface area contributed by atoms with Crippen LogP contribution in [0.25, 0.3) is 0 Å². The summed E-state index contributed by atoms with van der Waals surface area (Å²) in [6.07, 6.45) is 1.51. The van der Waals surface area contributed by atoms with E-state index in [4.69, 9.17) is 4.74 Å². The van der Waals surface area contributed by atoms with Gasteiger partial charge in [-0.25, -0.2) is 13.8 Å². The summed E-state index contributed by atoms with van der Waals surface area (Å²) in [5.74, 6) is 0.0175. The number of nitrogens with zero attached hydrogens (tertiary/aromatic N) is 2. The quantitative estimate of drug-likeness (QED) is 0.440. The lowest BCUT2D eigenvalue weighted by atomic mass is 10.3. The fraction of sp³-hybridized carbons (Fsp3) is 0.100. The molecule has 7 nitrogen and oxygen atoms in total. The lowest BCUT2D eigenvalue weighted by Gasteiger charge is -2.23. The zero-order chi connectivity index (χ0) is 20.7. The molecule has 0 radical (unpaired) electrons. The van der Waals surface area contributed by atoms with E-state index in [1.807, 2.05) is 17.5 Å². The first-order chi connectivity index (χ1) is 14.0. The van der Waals surface area contributed by atoms with Crippen molar-refractivity contribution in [2.45, 2.75) is 4.90 Å². The number of hydrogen-bond acceptors (Lipinski definition) is 6. The van der Waals surface area contributed by atoms with Crippen LogP contribution in [-0.2, 0) is 14.8 Å². The maximum atomic E-state index is 13.2. The molecule has 0 atom stereocenters. The van der Waals surface area contributed by atoms with Crippen molar-refractivity contribution >= 4 is 39.2 Å². The molecule has 2 aromatic carbocycles. The number of nitrogens with one attached hydrogen (secondary N) is 1. The number of anilines is 1. The average molecular weight is 430 g/mol. The van der Waals surface area contributed by atoms with E-state index in [0.29, 0.717) is 11.4 Å². The lowest BCUT2D eigenvalue weighted by molar-refractivity contribution is -0.119. The zero-order valence-electron chi connectivity index (χ0n) is 15.6. The Morgan fingerprint density at radius 3 is 2.45 bits per heavy atom. The van der Waals surface area contributed by atoms with E-state index in [2.05, 4.69) is 10.5 Å². The highest BCUT2D eigenvalue weighted by atomic mass is 32.2. The predicted molar refractivity (Wildman–Crippen MR) is 114 cm³/mol. The molecule has 1 heterocycles. The number of benzene rings is 2. The highest BCUT2D eigenvalue weighted by Crippen LogP contribution is 2.25. The van der Waals surface area contributed by atoms with E-state index in [1.54, 1.807) is 42.5 Å². The Kier molecular flexibility index (Phi) is 6.63. The van der Waals surface area contributed by atoms with Gasteiger partial charge in [-0.05, 0) is 47.8 Å². The molecular formula is C20H19N3O4S2. The molecule has 0 unspecified atom stereocenters. The molecule has 0 aliphatic heterocycles. The van der Waals surface area contributed by atoms with Crippen LogP contribution < -0.4 is 14.5 Å². The molecule has 0 fully saturated rings. The Labute approximate surface area is 173 Å². The number of rotatable bonds is 8. The second-order valence-corrected chi connectivity index (χ2v) is 8.67. The van der Waals surface area contributed by atoms with E-state index >= 15 is 0 Å². The van der Waals surface area contributed by atoms with Crippen molar-refractivity contribution in [3.05, 3.63) is 77.0 Å². The van der Waals surface area contributed by atoms with Gasteiger partial charge in [0.15, 0.2) is 0 Å². The molecule has 1 amide bonds. The normalized spacial score (nSPS) is 11.3. The number of ether oxygens (including phenoxy) is 1. The van der Waals surface area contributed by atoms with Crippen LogP contribution in [0.2, 0.25) is 0 Å². The molecule has 1 aromatic heterocycles. The third kappa shape index (κ3) is 5.21. The molecule has 29 heavy (non-hydrogen) atoms. The summed E-state index contributed by atoms with van der Waals surface area (Å²) in [5, 5.41) is 5.78. The van der Waals surface area contributed by atoms with Gasteiger partial charge in [0, 0.05) is 4.88 Å². The van der Waals surface area contributed by atoms with E-state index in [1.165, 1.54) is 36.8 Å². The molecule has 0 spiro atoms. The molecule has 0 aliphatic carbocycles. The van der Waals surface area contributed by atoms with Gasteiger partial charge in [-0.15, -0.1) is 11.3 Å². The first-order valence-corrected chi connectivity index (χ1v) is 10.9. The molecule has 3 rings (SSSR count). The largest absolute Gasteiger partial charge is 0.497 e. The molecule has 3 aromatic rings. The summed E-state index contributed by atoms with van der Waals surface area (Å²) >= 11 is 1.47. The van der Waals surface area contributed by atoms with Gasteiger partial charge in [-0.2, -0.15) is 5.10 Å². The third-order valence-electron chi connectivity index (χ3n) is 3.90. The van der Waals surface area contributed by atoms with Gasteiger partial charge in [0.2, 0.25) is 0 Å². The number of thiophene rings is 1. The van der Waals surface area contributed by atoms with Crippen LogP contribution in [0.1, 0.15) is 4.88 Å². The third-order valence-corrected chi connectivity index (χ3v) is 6.50. The first-order valence-electron chi connectivity index (χ1n) is 8.58. The molecule has 0 saturated carbocycles. The lowest BCUT2D eigenvalue weighted by Crippen LogP contribution is -2.39. The number of amides is 1. The second-order valence-electron chi connectivity index (χ2n) is 5.83. The number of hydrogen-bond donors (Lipinski definition) is 1. The van der Waals surface area contributed by atoms with Crippen molar-refractivity contribution in [3.63, 3.8) is 0 Å². The standard InChI is InChI=1S/C20H19N3O4S2/c1-27-17-11-9-16(10-12-17)23(29(25,26)19-7-3-2-4-8-19)15-20(24)22-21-14-18-6-5-13-28-18/h2-14H,15H2,1H3,(H,22,24)/b21-14+. The van der Waals surface area contributed by atoms with Crippen LogP contribution in [0.4, 0.5) is 5.69 Å². The molecular weight excluding hydrogens is 410 g/mol. The number of sulfonamides is 1. The van der Waals surface area contributed by atoms with Crippen LogP contribution >= 0.6 is 11.3 Å². The SMILES string of the molecule is COc1ccc(N(CC(=O)N/N=C/c2cccs2)S(=O)(=O)c2ccccc2)cc1. The van der Waals surface area contributed by atoms with Crippen molar-refractivity contribution in [1.29, 1.82) is 0 Å². The van der Waals surface area contributed by atoms with E-state index in [0.717, 1.165) is 9.18 Å². The van der Waals surface area contributed by atoms with Crippen LogP contribution in [0.3, 0.4) is 0 Å². The van der Waals surface area contributed by atoms with Crippen molar-refractivity contribution in [3.8, 4) is 5.75 Å². The predicted octanol–water partition coefficient (Wildman–Crippen LogP) is 3.10. The molecule has 0 aliphatic rings. The summed E-state index contributed by atoms with van der Waals surface area (Å²) < 4.78 is 32.5. The summed E-state index contributed by atoms with van der Waals surface area (Å²) in [7, 11) is -2.43. The van der Waals surface area contributed by atoms with Crippen LogP contribution in [-0.4, -0.2) is 34.2 Å². The van der Waals surface area contributed by atoms with Crippen molar-refractivity contribution in [1.82, 2.24) is 5.43 Å². The van der Waals surface area contributed by atoms with Gasteiger partial charge >= 0.3 is 0 Å². The van der Waals surface area contributed by atoms with E-state index in [9.17, 15) is 13.2 Å². The minimum Gasteiger partial charge on any atom is -0.497 e. The molecule has 0 bridgehead atoms. The Morgan fingerprint density at radius 1 is 1.10 bits per heavy atom. The number of hydrazone groups is 1. The van der Waals surface area contributed by atoms with Gasteiger partial charge in [0.25, 0.3) is 15.9 Å². The van der Waals surface area contributed by atoms with Gasteiger partial charge < -0.3 is 4.74 Å². The zero-order valence-corrected chi connectivity index (χ0v) is 17.2. The molecule has 0 saturated heterocycles. The van der Waals surface area contributed by atoms with Crippen LogP contribution in [0, 0.1) is 0 Å². The monoisotopic (exact) mass is 429 g/mol. The van der Waals surface area contributed by atoms with Gasteiger partial charge in [-0.1, -0.05) is 24.3 Å². The van der Waals surface area contributed by atoms with Gasteiger partial charge in [-0.3, -0.25) is 9.10 Å². The van der Waals surface area contributed by atoms with Gasteiger partial charge in [0.05, 0.1) is 23.9 Å². The van der Waals surface area contributed by atoms with Crippen molar-refractivity contribution in [2.24, 2.45) is 5.10 Å². The smallest absolute Gasteiger partial charge is 0.264 e. The van der Waals surface area contributed by atoms with Gasteiger partial charge in [0.1, 0.15) is 12.3 Å². The van der Waals surface area contributed by atoms with E-state index < -0.39 is 22.5 Å². The van der Waals surface area contributed by atoms with Crippen molar-refractivity contribution in [2.75, 3.05) is 18.0 Å². The summed E-state index contributed by atoms with van der Waals surface area (Å²) in [5.41, 5.74) is 2.71. The fourth-order valence-corrected chi connectivity index (χ4v) is 4.51. The Bertz CT molecular complexity index is 1060. The topological polar surface area (TPSA) is 88.1 Å². The highest BCUT2D eigenvalue weighted by molar-refractivity contribution is 7.92. The summed E-state index contributed by atoms with van der Waals surface area (Å²) in [6.45, 7) is -0.425. The Morgan fingerprint density at radius 2 is 1.83 bits per heavy atom. The molecule has 150 valence electrons. The number of carbonyl (C=O) groups excluding carboxylic acids is 1. The van der Waals surface area contributed by atoms with Crippen molar-refractivity contribution < 1.29 is 17.9 Å². The summed E-state index contributed by atoms with van der Waals surface area (Å²) in [4.78, 5) is 13.4. The van der Waals surface area contributed by atoms with E-state index in [-0.39, 0.29) is 4.90 Å². The van der Waals surface area contributed by atoms with Crippen LogP contribution in [0.15, 0.2) is 82.1 Å². The fourth-order valence-electron chi connectivity index (χ4n) is 2.48. The highest BCUT2D eigenvalue weighted by Gasteiger charge is 2.27. The molecule has 1 N–H and O–H groups in total. The first kappa shape index (κ1) is 20.6. The minimum absolute atomic E-state index is 0.0886. The number of carbonyl (C=O) groups is 1. The maximum absolute atomic E-state index is 13.2. The Hall–Kier alpha value is -3.17. The number of methoxy groups -OCH3 is 1.